The van der Waals surface area contributed by atoms with Gasteiger partial charge in [-0.05, 0) is 28.3 Å². The maximum atomic E-state index is 12.3. The third kappa shape index (κ3) is 3.03. The number of phenols is 1. The van der Waals surface area contributed by atoms with Gasteiger partial charge in [0, 0.05) is 12.0 Å². The van der Waals surface area contributed by atoms with Crippen LogP contribution in [0.2, 0.25) is 0 Å². The van der Waals surface area contributed by atoms with Crippen molar-refractivity contribution in [3.05, 3.63) is 88.0 Å². The largest absolute Gasteiger partial charge is 0.505 e. The quantitative estimate of drug-likeness (QED) is 0.392. The Labute approximate surface area is 160 Å². The van der Waals surface area contributed by atoms with Crippen LogP contribution in [0.5, 0.6) is 5.75 Å². The first-order chi connectivity index (χ1) is 13.6. The predicted molar refractivity (Wildman–Crippen MR) is 103 cm³/mol. The first kappa shape index (κ1) is 17.5. The molecule has 28 heavy (non-hydrogen) atoms. The Hall–Kier alpha value is -3.87. The molecule has 0 heterocycles. The fourth-order valence-electron chi connectivity index (χ4n) is 3.55. The van der Waals surface area contributed by atoms with Crippen molar-refractivity contribution in [2.75, 3.05) is 11.9 Å². The Morgan fingerprint density at radius 1 is 1.00 bits per heavy atom. The molecule has 0 saturated carbocycles. The van der Waals surface area contributed by atoms with Crippen LogP contribution in [-0.4, -0.2) is 22.7 Å². The molecule has 140 valence electrons. The van der Waals surface area contributed by atoms with Crippen molar-refractivity contribution < 1.29 is 19.6 Å². The molecule has 1 aliphatic carbocycles. The van der Waals surface area contributed by atoms with Gasteiger partial charge in [-0.15, -0.1) is 0 Å². The predicted octanol–water partition coefficient (Wildman–Crippen LogP) is 4.66. The number of carbonyl (C=O) groups excluding carboxylic acids is 1. The number of hydrogen-bond acceptors (Lipinski definition) is 5. The Morgan fingerprint density at radius 2 is 1.61 bits per heavy atom. The molecule has 0 bridgehead atoms. The number of benzene rings is 3. The van der Waals surface area contributed by atoms with E-state index in [1.165, 1.54) is 18.2 Å². The lowest BCUT2D eigenvalue weighted by Gasteiger charge is -2.15. The van der Waals surface area contributed by atoms with E-state index in [2.05, 4.69) is 5.32 Å². The first-order valence-corrected chi connectivity index (χ1v) is 8.64. The summed E-state index contributed by atoms with van der Waals surface area (Å²) in [6, 6.07) is 19.6. The standard InChI is InChI=1S/C21H16N2O5/c24-19-11-5-10-18(23(26)27)20(19)22-21(25)28-12-17-15-8-3-1-6-13(15)14-7-2-4-9-16(14)17/h1-11,17,24H,12H2,(H,22,25). The lowest BCUT2D eigenvalue weighted by Crippen LogP contribution is -2.18. The number of carbonyl (C=O) groups is 1. The number of phenolic OH excluding ortho intramolecular Hbond substituents is 1. The van der Waals surface area contributed by atoms with Gasteiger partial charge in [-0.2, -0.15) is 0 Å². The minimum Gasteiger partial charge on any atom is -0.505 e. The Bertz CT molecular complexity index is 1030. The zero-order chi connectivity index (χ0) is 19.7. The van der Waals surface area contributed by atoms with Crippen molar-refractivity contribution in [2.45, 2.75) is 5.92 Å². The van der Waals surface area contributed by atoms with Crippen molar-refractivity contribution in [3.63, 3.8) is 0 Å². The number of nitro groups is 1. The second-order valence-corrected chi connectivity index (χ2v) is 6.38. The van der Waals surface area contributed by atoms with Gasteiger partial charge in [0.2, 0.25) is 0 Å². The lowest BCUT2D eigenvalue weighted by atomic mass is 9.98. The molecular weight excluding hydrogens is 360 g/mol. The van der Waals surface area contributed by atoms with Gasteiger partial charge in [-0.1, -0.05) is 54.6 Å². The highest BCUT2D eigenvalue weighted by Crippen LogP contribution is 2.44. The average Bonchev–Trinajstić information content (AvgIpc) is 3.02. The fourth-order valence-corrected chi connectivity index (χ4v) is 3.55. The molecule has 4 rings (SSSR count). The highest BCUT2D eigenvalue weighted by atomic mass is 16.6. The number of nitrogens with one attached hydrogen (secondary N) is 1. The smallest absolute Gasteiger partial charge is 0.411 e. The van der Waals surface area contributed by atoms with Crippen LogP contribution in [0.15, 0.2) is 66.7 Å². The molecule has 0 fully saturated rings. The van der Waals surface area contributed by atoms with Gasteiger partial charge in [0.25, 0.3) is 5.69 Å². The molecule has 0 aromatic heterocycles. The second-order valence-electron chi connectivity index (χ2n) is 6.38. The van der Waals surface area contributed by atoms with Crippen LogP contribution in [0, 0.1) is 10.1 Å². The summed E-state index contributed by atoms with van der Waals surface area (Å²) in [4.78, 5) is 22.7. The SMILES string of the molecule is O=C(Nc1c(O)cccc1[N+](=O)[O-])OCC1c2ccccc2-c2ccccc21. The molecule has 3 aromatic carbocycles. The van der Waals surface area contributed by atoms with E-state index in [0.717, 1.165) is 22.3 Å². The number of fused-ring (bicyclic) bond motifs is 3. The second kappa shape index (κ2) is 7.03. The molecule has 0 radical (unpaired) electrons. The number of aromatic hydroxyl groups is 1. The number of anilines is 1. The van der Waals surface area contributed by atoms with Crippen LogP contribution in [0.4, 0.5) is 16.2 Å². The maximum Gasteiger partial charge on any atom is 0.411 e. The van der Waals surface area contributed by atoms with Gasteiger partial charge in [0.1, 0.15) is 12.4 Å². The summed E-state index contributed by atoms with van der Waals surface area (Å²) >= 11 is 0. The number of nitro benzene ring substituents is 1. The lowest BCUT2D eigenvalue weighted by molar-refractivity contribution is -0.384. The molecule has 1 aliphatic rings. The first-order valence-electron chi connectivity index (χ1n) is 8.64. The Balaban J connectivity index is 1.53. The van der Waals surface area contributed by atoms with E-state index in [0.29, 0.717) is 0 Å². The fraction of sp³-hybridized carbons (Fsp3) is 0.0952. The van der Waals surface area contributed by atoms with E-state index in [4.69, 9.17) is 4.74 Å². The minimum atomic E-state index is -0.869. The minimum absolute atomic E-state index is 0.0707. The van der Waals surface area contributed by atoms with E-state index in [9.17, 15) is 20.0 Å². The van der Waals surface area contributed by atoms with E-state index < -0.39 is 22.5 Å². The van der Waals surface area contributed by atoms with Crippen molar-refractivity contribution in [2.24, 2.45) is 0 Å². The summed E-state index contributed by atoms with van der Waals surface area (Å²) in [7, 11) is 0. The van der Waals surface area contributed by atoms with E-state index in [-0.39, 0.29) is 18.2 Å². The highest BCUT2D eigenvalue weighted by molar-refractivity contribution is 5.90. The van der Waals surface area contributed by atoms with E-state index in [1.54, 1.807) is 0 Å². The summed E-state index contributed by atoms with van der Waals surface area (Å²) in [5.74, 6) is -0.528. The summed E-state index contributed by atoms with van der Waals surface area (Å²) in [5.41, 5.74) is 3.63. The molecule has 3 aromatic rings. The number of para-hydroxylation sites is 1. The number of amides is 1. The van der Waals surface area contributed by atoms with Crippen LogP contribution in [-0.2, 0) is 4.74 Å². The zero-order valence-corrected chi connectivity index (χ0v) is 14.7. The van der Waals surface area contributed by atoms with E-state index >= 15 is 0 Å². The molecule has 0 aliphatic heterocycles. The molecule has 2 N–H and O–H groups in total. The highest BCUT2D eigenvalue weighted by Gasteiger charge is 2.29. The van der Waals surface area contributed by atoms with Crippen LogP contribution >= 0.6 is 0 Å². The monoisotopic (exact) mass is 376 g/mol. The normalized spacial score (nSPS) is 12.1. The number of rotatable bonds is 4. The summed E-state index contributed by atoms with van der Waals surface area (Å²) < 4.78 is 5.35. The molecule has 7 nitrogen and oxygen atoms in total. The van der Waals surface area contributed by atoms with Crippen molar-refractivity contribution in [1.29, 1.82) is 0 Å². The van der Waals surface area contributed by atoms with Crippen LogP contribution in [0.3, 0.4) is 0 Å². The Kier molecular flexibility index (Phi) is 4.41. The van der Waals surface area contributed by atoms with Gasteiger partial charge < -0.3 is 9.84 Å². The zero-order valence-electron chi connectivity index (χ0n) is 14.7. The molecule has 0 atom stereocenters. The average molecular weight is 376 g/mol. The van der Waals surface area contributed by atoms with Gasteiger partial charge in [-0.3, -0.25) is 15.4 Å². The van der Waals surface area contributed by atoms with Crippen LogP contribution in [0.1, 0.15) is 17.0 Å². The summed E-state index contributed by atoms with van der Waals surface area (Å²) in [6.45, 7) is 0.0707. The van der Waals surface area contributed by atoms with Gasteiger partial charge in [0.05, 0.1) is 4.92 Å². The van der Waals surface area contributed by atoms with Crippen LogP contribution < -0.4 is 5.32 Å². The third-order valence-corrected chi connectivity index (χ3v) is 4.79. The third-order valence-electron chi connectivity index (χ3n) is 4.79. The number of nitrogens with zero attached hydrogens (tertiary/aromatic N) is 1. The summed E-state index contributed by atoms with van der Waals surface area (Å²) in [5, 5.41) is 23.2. The number of ether oxygens (including phenoxy) is 1. The molecular formula is C21H16N2O5. The molecule has 1 amide bonds. The molecule has 0 unspecified atom stereocenters. The number of hydrogen-bond donors (Lipinski definition) is 2. The van der Waals surface area contributed by atoms with Gasteiger partial charge in [0.15, 0.2) is 5.69 Å². The van der Waals surface area contributed by atoms with Gasteiger partial charge in [-0.25, -0.2) is 4.79 Å². The van der Waals surface area contributed by atoms with Crippen LogP contribution in [0.25, 0.3) is 11.1 Å². The van der Waals surface area contributed by atoms with Crippen molar-refractivity contribution in [3.8, 4) is 16.9 Å². The molecule has 0 spiro atoms. The summed E-state index contributed by atoms with van der Waals surface area (Å²) in [6.07, 6.45) is -0.869. The Morgan fingerprint density at radius 3 is 2.21 bits per heavy atom. The molecule has 7 heteroatoms. The molecule has 0 saturated heterocycles. The maximum absolute atomic E-state index is 12.3. The van der Waals surface area contributed by atoms with E-state index in [1.807, 2.05) is 48.5 Å². The van der Waals surface area contributed by atoms with Crippen molar-refractivity contribution in [1.82, 2.24) is 0 Å². The topological polar surface area (TPSA) is 102 Å². The van der Waals surface area contributed by atoms with Crippen molar-refractivity contribution >= 4 is 17.5 Å². The van der Waals surface area contributed by atoms with Gasteiger partial charge >= 0.3 is 6.09 Å².